The van der Waals surface area contributed by atoms with Crippen LogP contribution in [0.4, 0.5) is 0 Å². The van der Waals surface area contributed by atoms with Gasteiger partial charge in [-0.15, -0.1) is 0 Å². The first-order valence-electron chi connectivity index (χ1n) is 15.3. The number of carbonyl (C=O) groups excluding carboxylic acids is 8. The summed E-state index contributed by atoms with van der Waals surface area (Å²) < 4.78 is 0. The fourth-order valence-corrected chi connectivity index (χ4v) is 4.27. The predicted octanol–water partition coefficient (Wildman–Crippen LogP) is -4.64. The summed E-state index contributed by atoms with van der Waals surface area (Å²) in [5.74, 6) is -5.88. The molecule has 2 aromatic rings. The third kappa shape index (κ3) is 15.1. The van der Waals surface area contributed by atoms with Gasteiger partial charge < -0.3 is 53.7 Å². The van der Waals surface area contributed by atoms with Crippen LogP contribution in [-0.2, 0) is 51.2 Å². The van der Waals surface area contributed by atoms with Crippen molar-refractivity contribution >= 4 is 47.3 Å². The van der Waals surface area contributed by atoms with Crippen LogP contribution in [-0.4, -0.2) is 108 Å². The number of nitrogens with two attached hydrogens (primary N) is 2. The maximum Gasteiger partial charge on any atom is 0.243 e. The maximum absolute atomic E-state index is 13.7. The largest absolute Gasteiger partial charge is 0.368 e. The first kappa shape index (κ1) is 39.3. The molecule has 0 bridgehead atoms. The second kappa shape index (κ2) is 20.4. The van der Waals surface area contributed by atoms with E-state index in [1.54, 1.807) is 31.2 Å². The Morgan fingerprint density at radius 3 is 2.00 bits per heavy atom. The number of likely N-dealkylation sites (N-methyl/N-ethyl adjacent to an activating group) is 1. The molecule has 19 heteroatoms. The molecule has 19 nitrogen and oxygen atoms in total. The lowest BCUT2D eigenvalue weighted by Gasteiger charge is -2.25. The van der Waals surface area contributed by atoms with E-state index in [9.17, 15) is 38.4 Å². The smallest absolute Gasteiger partial charge is 0.243 e. The van der Waals surface area contributed by atoms with E-state index in [1.165, 1.54) is 19.4 Å². The van der Waals surface area contributed by atoms with Crippen molar-refractivity contribution < 1.29 is 38.4 Å². The number of aromatic nitrogens is 2. The van der Waals surface area contributed by atoms with Gasteiger partial charge in [0.15, 0.2) is 0 Å². The molecule has 8 amide bonds. The number of imidazole rings is 1. The Morgan fingerprint density at radius 2 is 1.41 bits per heavy atom. The Kier molecular flexibility index (Phi) is 16.4. The van der Waals surface area contributed by atoms with E-state index in [2.05, 4.69) is 47.2 Å². The highest BCUT2D eigenvalue weighted by Gasteiger charge is 2.31. The van der Waals surface area contributed by atoms with Crippen molar-refractivity contribution in [3.05, 3.63) is 54.1 Å². The third-order valence-electron chi connectivity index (χ3n) is 6.71. The lowest BCUT2D eigenvalue weighted by molar-refractivity contribution is -0.135. The molecule has 0 unspecified atom stereocenters. The van der Waals surface area contributed by atoms with Crippen LogP contribution in [0, 0.1) is 0 Å². The van der Waals surface area contributed by atoms with Crippen LogP contribution in [0.25, 0.3) is 0 Å². The summed E-state index contributed by atoms with van der Waals surface area (Å²) in [5, 5.41) is 17.1. The van der Waals surface area contributed by atoms with Crippen LogP contribution < -0.4 is 48.7 Å². The molecule has 0 aliphatic carbocycles. The summed E-state index contributed by atoms with van der Waals surface area (Å²) in [6.07, 6.45) is 2.17. The van der Waals surface area contributed by atoms with Crippen molar-refractivity contribution in [1.82, 2.24) is 47.2 Å². The number of hydrogen-bond donors (Lipinski definition) is 10. The van der Waals surface area contributed by atoms with Crippen molar-refractivity contribution in [1.29, 1.82) is 0 Å². The van der Waals surface area contributed by atoms with E-state index in [0.29, 0.717) is 12.2 Å². The second-order valence-corrected chi connectivity index (χ2v) is 10.8. The predicted molar refractivity (Wildman–Crippen MR) is 173 cm³/mol. The fraction of sp³-hybridized carbons (Fsp3) is 0.433. The summed E-state index contributed by atoms with van der Waals surface area (Å²) in [6, 6.07) is 3.79. The van der Waals surface area contributed by atoms with Gasteiger partial charge in [-0.05, 0) is 12.5 Å². The second-order valence-electron chi connectivity index (χ2n) is 10.8. The SMILES string of the molecule is CCNC(=O)[C@@H](Cc1ccccc1)NC(=O)[C@H](Cc1cnc[nH]1)NC(=O)[C@H](CC(=O)NC[C@H](N)C(=O)NCC(N)=O)NC(=O)CNC(C)=O. The molecule has 0 radical (unpaired) electrons. The number of rotatable bonds is 20. The molecule has 0 saturated carbocycles. The highest BCUT2D eigenvalue weighted by molar-refractivity contribution is 5.97. The molecule has 0 saturated heterocycles. The van der Waals surface area contributed by atoms with Crippen LogP contribution in [0.1, 0.15) is 31.5 Å². The molecule has 4 atom stereocenters. The molecule has 266 valence electrons. The molecule has 0 fully saturated rings. The summed E-state index contributed by atoms with van der Waals surface area (Å²) in [5.41, 5.74) is 11.9. The zero-order valence-electron chi connectivity index (χ0n) is 27.2. The highest BCUT2D eigenvalue weighted by atomic mass is 16.2. The fourth-order valence-electron chi connectivity index (χ4n) is 4.27. The summed E-state index contributed by atoms with van der Waals surface area (Å²) in [4.78, 5) is 107. The Balaban J connectivity index is 2.25. The van der Waals surface area contributed by atoms with Crippen molar-refractivity contribution in [3.8, 4) is 0 Å². The minimum Gasteiger partial charge on any atom is -0.368 e. The molecule has 1 aromatic carbocycles. The van der Waals surface area contributed by atoms with Gasteiger partial charge >= 0.3 is 0 Å². The van der Waals surface area contributed by atoms with E-state index >= 15 is 0 Å². The molecule has 12 N–H and O–H groups in total. The number of carbonyl (C=O) groups is 8. The van der Waals surface area contributed by atoms with E-state index in [1.807, 2.05) is 6.07 Å². The lowest BCUT2D eigenvalue weighted by atomic mass is 10.0. The molecule has 0 aliphatic rings. The number of nitrogens with zero attached hydrogens (tertiary/aromatic N) is 1. The Hall–Kier alpha value is -5.85. The third-order valence-corrected chi connectivity index (χ3v) is 6.71. The molecular formula is C30H43N11O8. The summed E-state index contributed by atoms with van der Waals surface area (Å²) in [6.45, 7) is 1.83. The summed E-state index contributed by atoms with van der Waals surface area (Å²) in [7, 11) is 0. The van der Waals surface area contributed by atoms with Crippen molar-refractivity contribution in [2.75, 3.05) is 26.2 Å². The quantitative estimate of drug-likeness (QED) is 0.0636. The van der Waals surface area contributed by atoms with Crippen molar-refractivity contribution in [3.63, 3.8) is 0 Å². The standard InChI is InChI=1S/C30H43N11O8/c1-3-34-28(47)21(9-18-7-5-4-6-8-18)40-29(48)22(10-19-12-33-16-38-19)41-30(49)23(39-26(45)15-35-17(2)42)11-25(44)36-13-20(31)27(46)37-14-24(32)43/h4-8,12,16,20-23H,3,9-11,13-15,31H2,1-2H3,(H2,32,43)(H,33,38)(H,34,47)(H,35,42)(H,36,44)(H,37,46)(H,39,45)(H,40,48)(H,41,49)/t20-,21+,22-,23-/m0/s1. The van der Waals surface area contributed by atoms with Crippen LogP contribution in [0.15, 0.2) is 42.9 Å². The molecule has 2 rings (SSSR count). The van der Waals surface area contributed by atoms with Gasteiger partial charge in [0.1, 0.15) is 24.2 Å². The lowest BCUT2D eigenvalue weighted by Crippen LogP contribution is -2.58. The zero-order valence-corrected chi connectivity index (χ0v) is 27.2. The van der Waals surface area contributed by atoms with E-state index < -0.39 is 97.5 Å². The number of hydrogen-bond acceptors (Lipinski definition) is 10. The highest BCUT2D eigenvalue weighted by Crippen LogP contribution is 2.07. The Labute approximate surface area is 281 Å². The minimum atomic E-state index is -1.57. The number of H-pyrrole nitrogens is 1. The first-order chi connectivity index (χ1) is 23.3. The minimum absolute atomic E-state index is 0.112. The zero-order chi connectivity index (χ0) is 36.3. The van der Waals surface area contributed by atoms with Crippen LogP contribution in [0.2, 0.25) is 0 Å². The molecule has 0 spiro atoms. The van der Waals surface area contributed by atoms with Gasteiger partial charge in [-0.2, -0.15) is 0 Å². The first-order valence-corrected chi connectivity index (χ1v) is 15.3. The van der Waals surface area contributed by atoms with Gasteiger partial charge in [-0.3, -0.25) is 38.4 Å². The average molecular weight is 686 g/mol. The van der Waals surface area contributed by atoms with E-state index in [0.717, 1.165) is 5.56 Å². The molecule has 1 aromatic heterocycles. The topological polar surface area (TPSA) is 301 Å². The van der Waals surface area contributed by atoms with Crippen molar-refractivity contribution in [2.24, 2.45) is 11.5 Å². The normalized spacial score (nSPS) is 13.0. The number of primary amides is 1. The Morgan fingerprint density at radius 1 is 0.755 bits per heavy atom. The number of amides is 8. The van der Waals surface area contributed by atoms with E-state index in [-0.39, 0.29) is 12.8 Å². The van der Waals surface area contributed by atoms with E-state index in [4.69, 9.17) is 11.5 Å². The van der Waals surface area contributed by atoms with Crippen LogP contribution >= 0.6 is 0 Å². The van der Waals surface area contributed by atoms with Crippen LogP contribution in [0.3, 0.4) is 0 Å². The van der Waals surface area contributed by atoms with Gasteiger partial charge in [0.2, 0.25) is 47.3 Å². The average Bonchev–Trinajstić information content (AvgIpc) is 3.58. The Bertz CT molecular complexity index is 1450. The molecule has 49 heavy (non-hydrogen) atoms. The number of benzene rings is 1. The monoisotopic (exact) mass is 685 g/mol. The van der Waals surface area contributed by atoms with Gasteiger partial charge in [0, 0.05) is 44.7 Å². The van der Waals surface area contributed by atoms with Gasteiger partial charge in [0.25, 0.3) is 0 Å². The molecular weight excluding hydrogens is 642 g/mol. The number of aromatic amines is 1. The van der Waals surface area contributed by atoms with Gasteiger partial charge in [0.05, 0.1) is 25.8 Å². The molecule has 0 aliphatic heterocycles. The van der Waals surface area contributed by atoms with Gasteiger partial charge in [-0.25, -0.2) is 4.98 Å². The van der Waals surface area contributed by atoms with Crippen LogP contribution in [0.5, 0.6) is 0 Å². The maximum atomic E-state index is 13.7. The summed E-state index contributed by atoms with van der Waals surface area (Å²) >= 11 is 0. The number of nitrogens with one attached hydrogen (secondary N) is 8. The van der Waals surface area contributed by atoms with Crippen molar-refractivity contribution in [2.45, 2.75) is 57.3 Å². The molecule has 1 heterocycles. The van der Waals surface area contributed by atoms with Gasteiger partial charge in [-0.1, -0.05) is 30.3 Å².